The second-order valence-electron chi connectivity index (χ2n) is 11.4. The standard InChI is InChI=1S/C27H37NO6/c1-25-10-7-19(34-24(31)28-13-14-29)15-18(25)4-5-22-21(25)8-11-26(2)20(9-12-27(22,26)32)17-3-6-23(30)33-16-17/h3,6,15-16,19-22,29,32H,4-5,7-14H2,1-2H3,(H,28,31). The zero-order valence-corrected chi connectivity index (χ0v) is 20.2. The van der Waals surface area contributed by atoms with Crippen molar-refractivity contribution in [1.29, 1.82) is 0 Å². The highest BCUT2D eigenvalue weighted by atomic mass is 16.6. The van der Waals surface area contributed by atoms with Crippen molar-refractivity contribution in [3.63, 3.8) is 0 Å². The molecular weight excluding hydrogens is 434 g/mol. The first-order valence-electron chi connectivity index (χ1n) is 12.8. The number of amides is 1. The molecule has 1 amide bonds. The molecule has 1 aromatic rings. The number of allylic oxidation sites excluding steroid dienone is 1. The molecule has 7 heteroatoms. The second kappa shape index (κ2) is 8.52. The molecule has 5 rings (SSSR count). The first kappa shape index (κ1) is 23.6. The van der Waals surface area contributed by atoms with Gasteiger partial charge < -0.3 is 24.7 Å². The summed E-state index contributed by atoms with van der Waals surface area (Å²) in [6.07, 6.45) is 10.3. The lowest BCUT2D eigenvalue weighted by Crippen LogP contribution is -2.60. The first-order chi connectivity index (χ1) is 16.2. The zero-order valence-electron chi connectivity index (χ0n) is 20.2. The molecule has 186 valence electrons. The van der Waals surface area contributed by atoms with E-state index in [1.54, 1.807) is 6.26 Å². The fraction of sp³-hybridized carbons (Fsp3) is 0.704. The molecule has 7 unspecified atom stereocenters. The molecular formula is C27H37NO6. The Morgan fingerprint density at radius 1 is 1.15 bits per heavy atom. The van der Waals surface area contributed by atoms with E-state index in [0.29, 0.717) is 5.92 Å². The summed E-state index contributed by atoms with van der Waals surface area (Å²) in [4.78, 5) is 23.5. The van der Waals surface area contributed by atoms with Gasteiger partial charge in [0, 0.05) is 18.0 Å². The van der Waals surface area contributed by atoms with E-state index in [4.69, 9.17) is 14.3 Å². The lowest BCUT2D eigenvalue weighted by Gasteiger charge is -2.61. The largest absolute Gasteiger partial charge is 0.442 e. The third kappa shape index (κ3) is 3.54. The van der Waals surface area contributed by atoms with E-state index in [1.165, 1.54) is 11.6 Å². The molecule has 4 aliphatic rings. The minimum Gasteiger partial charge on any atom is -0.442 e. The van der Waals surface area contributed by atoms with Gasteiger partial charge in [-0.3, -0.25) is 0 Å². The third-order valence-electron chi connectivity index (χ3n) is 10.0. The number of alkyl carbamates (subject to hydrolysis) is 1. The van der Waals surface area contributed by atoms with Crippen molar-refractivity contribution < 1.29 is 24.2 Å². The van der Waals surface area contributed by atoms with Crippen LogP contribution in [0.25, 0.3) is 0 Å². The predicted octanol–water partition coefficient (Wildman–Crippen LogP) is 3.89. The Hall–Kier alpha value is -2.12. The number of hydrogen-bond donors (Lipinski definition) is 3. The van der Waals surface area contributed by atoms with Crippen molar-refractivity contribution >= 4 is 6.09 Å². The van der Waals surface area contributed by atoms with Gasteiger partial charge in [0.05, 0.1) is 18.5 Å². The Labute approximate surface area is 200 Å². The summed E-state index contributed by atoms with van der Waals surface area (Å²) in [6, 6.07) is 3.37. The number of rotatable bonds is 4. The van der Waals surface area contributed by atoms with E-state index >= 15 is 0 Å². The van der Waals surface area contributed by atoms with Crippen molar-refractivity contribution in [2.75, 3.05) is 13.2 Å². The summed E-state index contributed by atoms with van der Waals surface area (Å²) in [5.41, 5.74) is 1.09. The molecule has 0 spiro atoms. The minimum absolute atomic E-state index is 0.0129. The summed E-state index contributed by atoms with van der Waals surface area (Å²) in [6.45, 7) is 4.68. The highest BCUT2D eigenvalue weighted by Gasteiger charge is 2.66. The minimum atomic E-state index is -0.733. The average Bonchev–Trinajstić information content (AvgIpc) is 3.10. The van der Waals surface area contributed by atoms with Crippen LogP contribution in [0.5, 0.6) is 0 Å². The summed E-state index contributed by atoms with van der Waals surface area (Å²) >= 11 is 0. The molecule has 3 N–H and O–H groups in total. The normalized spacial score (nSPS) is 41.0. The van der Waals surface area contributed by atoms with Crippen molar-refractivity contribution in [3.8, 4) is 0 Å². The maximum Gasteiger partial charge on any atom is 0.407 e. The Morgan fingerprint density at radius 3 is 2.71 bits per heavy atom. The number of carbonyl (C=O) groups is 1. The molecule has 0 saturated heterocycles. The molecule has 34 heavy (non-hydrogen) atoms. The van der Waals surface area contributed by atoms with E-state index < -0.39 is 11.7 Å². The number of fused-ring (bicyclic) bond motifs is 5. The lowest BCUT2D eigenvalue weighted by molar-refractivity contribution is -0.178. The molecule has 4 aliphatic carbocycles. The van der Waals surface area contributed by atoms with Gasteiger partial charge in [0.25, 0.3) is 0 Å². The molecule has 0 aromatic carbocycles. The third-order valence-corrected chi connectivity index (χ3v) is 10.0. The monoisotopic (exact) mass is 471 g/mol. The second-order valence-corrected chi connectivity index (χ2v) is 11.4. The van der Waals surface area contributed by atoms with Crippen molar-refractivity contribution in [2.45, 2.75) is 82.8 Å². The van der Waals surface area contributed by atoms with Crippen LogP contribution >= 0.6 is 0 Å². The topological polar surface area (TPSA) is 109 Å². The van der Waals surface area contributed by atoms with Crippen LogP contribution in [0.1, 0.15) is 76.7 Å². The predicted molar refractivity (Wildman–Crippen MR) is 126 cm³/mol. The van der Waals surface area contributed by atoms with Crippen LogP contribution < -0.4 is 10.9 Å². The van der Waals surface area contributed by atoms with Crippen molar-refractivity contribution in [1.82, 2.24) is 5.32 Å². The van der Waals surface area contributed by atoms with Crippen LogP contribution in [-0.4, -0.2) is 41.2 Å². The zero-order chi connectivity index (χ0) is 24.1. The molecule has 1 aromatic heterocycles. The molecule has 0 bridgehead atoms. The van der Waals surface area contributed by atoms with Gasteiger partial charge in [-0.2, -0.15) is 0 Å². The van der Waals surface area contributed by atoms with Gasteiger partial charge in [-0.25, -0.2) is 9.59 Å². The summed E-state index contributed by atoms with van der Waals surface area (Å²) in [5.74, 6) is 0.829. The van der Waals surface area contributed by atoms with Gasteiger partial charge in [-0.05, 0) is 92.2 Å². The van der Waals surface area contributed by atoms with E-state index in [9.17, 15) is 14.7 Å². The van der Waals surface area contributed by atoms with Gasteiger partial charge in [-0.1, -0.05) is 19.4 Å². The fourth-order valence-electron chi connectivity index (χ4n) is 8.20. The molecule has 3 saturated carbocycles. The van der Waals surface area contributed by atoms with E-state index in [2.05, 4.69) is 25.2 Å². The van der Waals surface area contributed by atoms with Gasteiger partial charge in [-0.15, -0.1) is 0 Å². The van der Waals surface area contributed by atoms with Crippen LogP contribution in [0.15, 0.2) is 39.3 Å². The molecule has 0 radical (unpaired) electrons. The number of carbonyl (C=O) groups excluding carboxylic acids is 1. The SMILES string of the molecule is CC12CCC(OC(=O)NCCO)C=C1CCC1C2CCC2(C)C(c3ccc(=O)oc3)CCC12O. The first-order valence-corrected chi connectivity index (χ1v) is 12.8. The summed E-state index contributed by atoms with van der Waals surface area (Å²) < 4.78 is 10.8. The van der Waals surface area contributed by atoms with Gasteiger partial charge in [0.1, 0.15) is 6.10 Å². The van der Waals surface area contributed by atoms with Gasteiger partial charge >= 0.3 is 11.7 Å². The molecule has 7 nitrogen and oxygen atoms in total. The van der Waals surface area contributed by atoms with E-state index in [1.807, 2.05) is 6.07 Å². The van der Waals surface area contributed by atoms with Gasteiger partial charge in [0.2, 0.25) is 0 Å². The van der Waals surface area contributed by atoms with Crippen LogP contribution in [0.2, 0.25) is 0 Å². The summed E-state index contributed by atoms with van der Waals surface area (Å²) in [7, 11) is 0. The maximum absolute atomic E-state index is 12.3. The number of aliphatic hydroxyl groups excluding tert-OH is 1. The van der Waals surface area contributed by atoms with Crippen LogP contribution in [0.4, 0.5) is 4.79 Å². The molecule has 3 fully saturated rings. The highest BCUT2D eigenvalue weighted by Crippen LogP contribution is 2.70. The number of aliphatic hydroxyl groups is 2. The highest BCUT2D eigenvalue weighted by molar-refractivity contribution is 5.67. The number of ether oxygens (including phenoxy) is 1. The molecule has 7 atom stereocenters. The number of hydrogen-bond acceptors (Lipinski definition) is 6. The van der Waals surface area contributed by atoms with Gasteiger partial charge in [0.15, 0.2) is 0 Å². The van der Waals surface area contributed by atoms with E-state index in [0.717, 1.165) is 56.9 Å². The molecule has 1 heterocycles. The van der Waals surface area contributed by atoms with Crippen molar-refractivity contribution in [2.24, 2.45) is 22.7 Å². The fourth-order valence-corrected chi connectivity index (χ4v) is 8.20. The Balaban J connectivity index is 1.37. The van der Waals surface area contributed by atoms with Crippen LogP contribution in [0, 0.1) is 22.7 Å². The van der Waals surface area contributed by atoms with Crippen molar-refractivity contribution in [3.05, 3.63) is 46.0 Å². The smallest absolute Gasteiger partial charge is 0.407 e. The van der Waals surface area contributed by atoms with Crippen LogP contribution in [-0.2, 0) is 4.74 Å². The van der Waals surface area contributed by atoms with E-state index in [-0.39, 0.29) is 47.5 Å². The Morgan fingerprint density at radius 2 is 1.97 bits per heavy atom. The quantitative estimate of drug-likeness (QED) is 0.575. The Bertz CT molecular complexity index is 1010. The number of nitrogens with one attached hydrogen (secondary N) is 1. The Kier molecular flexibility index (Phi) is 5.92. The lowest BCUT2D eigenvalue weighted by atomic mass is 9.45. The molecule has 0 aliphatic heterocycles. The maximum atomic E-state index is 12.3. The van der Waals surface area contributed by atoms with Crippen LogP contribution in [0.3, 0.4) is 0 Å². The summed E-state index contributed by atoms with van der Waals surface area (Å²) in [5, 5.41) is 23.8. The average molecular weight is 472 g/mol.